The number of esters is 2. The van der Waals surface area contributed by atoms with E-state index in [1.54, 1.807) is 0 Å². The minimum absolute atomic E-state index is 0.00876. The van der Waals surface area contributed by atoms with Gasteiger partial charge in [0.25, 0.3) is 0 Å². The Morgan fingerprint density at radius 2 is 1.57 bits per heavy atom. The van der Waals surface area contributed by atoms with Gasteiger partial charge in [-0.15, -0.1) is 0 Å². The van der Waals surface area contributed by atoms with Crippen molar-refractivity contribution in [2.45, 2.75) is 150 Å². The van der Waals surface area contributed by atoms with Crippen LogP contribution in [0.25, 0.3) is 0 Å². The zero-order valence-corrected chi connectivity index (χ0v) is 31.2. The van der Waals surface area contributed by atoms with Gasteiger partial charge in [-0.1, -0.05) is 99.5 Å². The Morgan fingerprint density at radius 3 is 2.20 bits per heavy atom. The van der Waals surface area contributed by atoms with E-state index in [0.29, 0.717) is 6.61 Å². The predicted octanol–water partition coefficient (Wildman–Crippen LogP) is 9.75. The van der Waals surface area contributed by atoms with Crippen LogP contribution in [0, 0.1) is 51.2 Å². The van der Waals surface area contributed by atoms with Gasteiger partial charge in [-0.2, -0.15) is 0 Å². The molecule has 4 saturated carbocycles. The van der Waals surface area contributed by atoms with E-state index in [0.717, 1.165) is 74.3 Å². The van der Waals surface area contributed by atoms with E-state index in [1.807, 2.05) is 0 Å². The monoisotopic (exact) mass is 702 g/mol. The second-order valence-corrected chi connectivity index (χ2v) is 17.8. The van der Waals surface area contributed by atoms with E-state index in [2.05, 4.69) is 63.7 Å². The molecule has 1 saturated heterocycles. The lowest BCUT2D eigenvalue weighted by atomic mass is 9.33. The van der Waals surface area contributed by atoms with Crippen molar-refractivity contribution in [3.05, 3.63) is 24.3 Å². The highest BCUT2D eigenvalue weighted by atomic mass is 79.9. The number of unbranched alkanes of at least 4 members (excludes halogenated alkanes) is 7. The summed E-state index contributed by atoms with van der Waals surface area (Å²) in [5.41, 5.74) is 1.05. The molecule has 0 unspecified atom stereocenters. The molecule has 0 aromatic rings. The van der Waals surface area contributed by atoms with Gasteiger partial charge in [0.2, 0.25) is 0 Å². The Kier molecular flexibility index (Phi) is 11.0. The fourth-order valence-electron chi connectivity index (χ4n) is 12.3. The lowest BCUT2D eigenvalue weighted by Gasteiger charge is -2.71. The molecular formula is C40H63BrO5. The molecule has 0 amide bonds. The van der Waals surface area contributed by atoms with Crippen LogP contribution < -0.4 is 0 Å². The molecule has 5 nitrogen and oxygen atoms in total. The Labute approximate surface area is 288 Å². The molecule has 1 aliphatic heterocycles. The molecule has 11 atom stereocenters. The van der Waals surface area contributed by atoms with Crippen LogP contribution in [0.15, 0.2) is 24.3 Å². The van der Waals surface area contributed by atoms with E-state index in [1.165, 1.54) is 38.5 Å². The Balaban J connectivity index is 1.38. The molecule has 1 N–H and O–H groups in total. The number of halogens is 1. The maximum Gasteiger partial charge on any atom is 0.312 e. The average molecular weight is 704 g/mol. The van der Waals surface area contributed by atoms with Crippen molar-refractivity contribution in [2.75, 3.05) is 11.9 Å². The number of aliphatic hydroxyl groups excluding tert-OH is 1. The largest absolute Gasteiger partial charge is 0.465 e. The zero-order chi connectivity index (χ0) is 33.5. The molecule has 6 heteroatoms. The fraction of sp³-hybridized carbons (Fsp3) is 0.850. The molecule has 0 radical (unpaired) electrons. The first-order valence-corrected chi connectivity index (χ1v) is 19.8. The standard InChI is InChI=1S/C40H63BrO5/c1-26(2)28-16-19-40(36(44)45-23-15-13-11-9-8-10-12-14-22-41)21-20-37(5)30(34(28)40)24-31-35-38(37,6)18-17-29(27(3)4)39(35,7)32(42)25-33(43)46-31/h28-32,34-35,42H,1,3,8-25H2,2,4-7H3/t28-,29-,30+,31+,32+,34+,35-,37+,38+,39+,40-/m0/s1. The summed E-state index contributed by atoms with van der Waals surface area (Å²) in [4.78, 5) is 27.5. The highest BCUT2D eigenvalue weighted by Gasteiger charge is 2.74. The summed E-state index contributed by atoms with van der Waals surface area (Å²) in [7, 11) is 0. The molecule has 0 aromatic heterocycles. The van der Waals surface area contributed by atoms with Gasteiger partial charge in [-0.05, 0) is 106 Å². The van der Waals surface area contributed by atoms with E-state index in [9.17, 15) is 14.7 Å². The number of hydrogen-bond donors (Lipinski definition) is 1. The Bertz CT molecular complexity index is 1170. The molecule has 46 heavy (non-hydrogen) atoms. The van der Waals surface area contributed by atoms with Crippen LogP contribution in [0.2, 0.25) is 0 Å². The third-order valence-corrected chi connectivity index (χ3v) is 15.4. The summed E-state index contributed by atoms with van der Waals surface area (Å²) in [6.07, 6.45) is 15.0. The molecule has 260 valence electrons. The number of hydrogen-bond acceptors (Lipinski definition) is 5. The van der Waals surface area contributed by atoms with E-state index in [4.69, 9.17) is 9.47 Å². The summed E-state index contributed by atoms with van der Waals surface area (Å²) < 4.78 is 12.6. The van der Waals surface area contributed by atoms with Crippen LogP contribution in [0.3, 0.4) is 0 Å². The minimum Gasteiger partial charge on any atom is -0.465 e. The quantitative estimate of drug-likeness (QED) is 0.0895. The number of carbonyl (C=O) groups excluding carboxylic acids is 2. The van der Waals surface area contributed by atoms with Crippen molar-refractivity contribution in [1.29, 1.82) is 0 Å². The molecule has 0 spiro atoms. The van der Waals surface area contributed by atoms with Gasteiger partial charge in [0.05, 0.1) is 24.5 Å². The first kappa shape index (κ1) is 36.1. The number of carbonyl (C=O) groups is 2. The third-order valence-electron chi connectivity index (χ3n) is 14.8. The van der Waals surface area contributed by atoms with Crippen molar-refractivity contribution in [1.82, 2.24) is 0 Å². The molecule has 5 fully saturated rings. The molecule has 0 bridgehead atoms. The highest BCUT2D eigenvalue weighted by molar-refractivity contribution is 9.09. The van der Waals surface area contributed by atoms with Crippen molar-refractivity contribution in [2.24, 2.45) is 51.2 Å². The fourth-order valence-corrected chi connectivity index (χ4v) is 12.7. The topological polar surface area (TPSA) is 72.8 Å². The number of aliphatic hydroxyl groups is 1. The summed E-state index contributed by atoms with van der Waals surface area (Å²) in [6.45, 7) is 20.7. The van der Waals surface area contributed by atoms with Crippen molar-refractivity contribution < 1.29 is 24.2 Å². The molecule has 5 aliphatic rings. The third kappa shape index (κ3) is 5.90. The van der Waals surface area contributed by atoms with E-state index < -0.39 is 16.9 Å². The van der Waals surface area contributed by atoms with Gasteiger partial charge in [0.1, 0.15) is 6.10 Å². The number of alkyl halides is 1. The second kappa shape index (κ2) is 14.0. The van der Waals surface area contributed by atoms with Crippen molar-refractivity contribution in [3.63, 3.8) is 0 Å². The van der Waals surface area contributed by atoms with E-state index >= 15 is 0 Å². The van der Waals surface area contributed by atoms with Gasteiger partial charge < -0.3 is 14.6 Å². The first-order chi connectivity index (χ1) is 21.8. The van der Waals surface area contributed by atoms with Crippen LogP contribution in [0.5, 0.6) is 0 Å². The van der Waals surface area contributed by atoms with Gasteiger partial charge in [-0.3, -0.25) is 9.59 Å². The number of ether oxygens (including phenoxy) is 2. The first-order valence-electron chi connectivity index (χ1n) is 18.7. The van der Waals surface area contributed by atoms with Gasteiger partial charge in [0, 0.05) is 16.7 Å². The van der Waals surface area contributed by atoms with Crippen LogP contribution in [-0.2, 0) is 19.1 Å². The number of allylic oxidation sites excluding steroid dienone is 2. The number of fused-ring (bicyclic) bond motifs is 4. The van der Waals surface area contributed by atoms with Crippen molar-refractivity contribution in [3.8, 4) is 0 Å². The second-order valence-electron chi connectivity index (χ2n) is 17.0. The van der Waals surface area contributed by atoms with Crippen molar-refractivity contribution >= 4 is 27.9 Å². The summed E-state index contributed by atoms with van der Waals surface area (Å²) in [5.74, 6) is 0.494. The lowest BCUT2D eigenvalue weighted by molar-refractivity contribution is -0.260. The van der Waals surface area contributed by atoms with Crippen LogP contribution in [0.1, 0.15) is 137 Å². The maximum absolute atomic E-state index is 14.3. The zero-order valence-electron chi connectivity index (χ0n) is 29.6. The Morgan fingerprint density at radius 1 is 0.913 bits per heavy atom. The lowest BCUT2D eigenvalue weighted by Crippen LogP contribution is -2.69. The van der Waals surface area contributed by atoms with Crippen LogP contribution in [0.4, 0.5) is 0 Å². The smallest absolute Gasteiger partial charge is 0.312 e. The number of rotatable bonds is 13. The molecule has 0 aromatic carbocycles. The van der Waals surface area contributed by atoms with E-state index in [-0.39, 0.29) is 64.9 Å². The van der Waals surface area contributed by atoms with Crippen LogP contribution in [-0.4, -0.2) is 41.2 Å². The summed E-state index contributed by atoms with van der Waals surface area (Å²) in [6, 6.07) is 0. The predicted molar refractivity (Wildman–Crippen MR) is 188 cm³/mol. The molecular weight excluding hydrogens is 640 g/mol. The Hall–Kier alpha value is -1.14. The molecule has 4 aliphatic carbocycles. The summed E-state index contributed by atoms with van der Waals surface area (Å²) >= 11 is 3.51. The highest BCUT2D eigenvalue weighted by Crippen LogP contribution is 2.77. The SMILES string of the molecule is C=C(C)[C@@H]1CC[C@]2(C(=O)OCCCCCCCCCCBr)CC[C@]3(C)[C@H](C[C@H]4OC(=O)C[C@@H](O)[C@]5(C)[C@@H]4[C@@]3(C)CC[C@H]5C(=C)C)[C@@H]12. The molecule has 1 heterocycles. The maximum atomic E-state index is 14.3. The average Bonchev–Trinajstić information content (AvgIpc) is 3.36. The summed E-state index contributed by atoms with van der Waals surface area (Å²) in [5, 5.41) is 12.8. The molecule has 5 rings (SSSR count). The van der Waals surface area contributed by atoms with Crippen LogP contribution >= 0.6 is 15.9 Å². The normalized spacial score (nSPS) is 43.0. The van der Waals surface area contributed by atoms with Gasteiger partial charge in [-0.25, -0.2) is 0 Å². The van der Waals surface area contributed by atoms with Gasteiger partial charge in [0.15, 0.2) is 0 Å². The minimum atomic E-state index is -0.761. The van der Waals surface area contributed by atoms with Gasteiger partial charge >= 0.3 is 11.9 Å².